The molecule has 0 radical (unpaired) electrons. The number of hydrogen-bond donors (Lipinski definition) is 1. The van der Waals surface area contributed by atoms with Gasteiger partial charge in [0.2, 0.25) is 6.79 Å². The van der Waals surface area contributed by atoms with E-state index in [9.17, 15) is 0 Å². The standard InChI is InChI=1S/C16H22BrNO2/c1-10(2)14-12(6-11-4-3-5-18-8-11)7-13(17)15-16(14)20-9-19-15/h7,10-11,18H,3-6,8-9H2,1-2H3. The van der Waals surface area contributed by atoms with Crippen LogP contribution in [0.3, 0.4) is 0 Å². The van der Waals surface area contributed by atoms with Crippen molar-refractivity contribution in [3.05, 3.63) is 21.7 Å². The summed E-state index contributed by atoms with van der Waals surface area (Å²) >= 11 is 3.63. The molecule has 20 heavy (non-hydrogen) atoms. The molecule has 3 rings (SSSR count). The molecule has 1 N–H and O–H groups in total. The highest BCUT2D eigenvalue weighted by atomic mass is 79.9. The van der Waals surface area contributed by atoms with Gasteiger partial charge in [-0.3, -0.25) is 0 Å². The molecule has 2 aliphatic rings. The van der Waals surface area contributed by atoms with E-state index in [-0.39, 0.29) is 0 Å². The fourth-order valence-corrected chi connectivity index (χ4v) is 3.88. The molecule has 2 heterocycles. The van der Waals surface area contributed by atoms with Gasteiger partial charge in [-0.2, -0.15) is 0 Å². The number of ether oxygens (including phenoxy) is 2. The molecule has 110 valence electrons. The molecule has 0 spiro atoms. The first-order valence-electron chi connectivity index (χ1n) is 7.48. The van der Waals surface area contributed by atoms with Crippen LogP contribution in [0.2, 0.25) is 0 Å². The largest absolute Gasteiger partial charge is 0.453 e. The van der Waals surface area contributed by atoms with Gasteiger partial charge in [-0.05, 0) is 71.7 Å². The van der Waals surface area contributed by atoms with Crippen LogP contribution in [0.15, 0.2) is 10.5 Å². The maximum atomic E-state index is 5.73. The van der Waals surface area contributed by atoms with Crippen molar-refractivity contribution in [2.75, 3.05) is 19.9 Å². The fourth-order valence-electron chi connectivity index (χ4n) is 3.31. The van der Waals surface area contributed by atoms with E-state index in [1.54, 1.807) is 0 Å². The van der Waals surface area contributed by atoms with Gasteiger partial charge in [-0.25, -0.2) is 0 Å². The molecular weight excluding hydrogens is 318 g/mol. The van der Waals surface area contributed by atoms with Crippen LogP contribution in [-0.2, 0) is 6.42 Å². The van der Waals surface area contributed by atoms with Gasteiger partial charge in [-0.15, -0.1) is 0 Å². The number of benzene rings is 1. The summed E-state index contributed by atoms with van der Waals surface area (Å²) in [5.41, 5.74) is 2.73. The summed E-state index contributed by atoms with van der Waals surface area (Å²) in [5, 5.41) is 3.50. The van der Waals surface area contributed by atoms with Crippen molar-refractivity contribution in [1.82, 2.24) is 5.32 Å². The molecule has 3 nitrogen and oxygen atoms in total. The fraction of sp³-hybridized carbons (Fsp3) is 0.625. The summed E-state index contributed by atoms with van der Waals surface area (Å²) in [6, 6.07) is 2.23. The van der Waals surface area contributed by atoms with Crippen LogP contribution in [0.1, 0.15) is 43.7 Å². The third kappa shape index (κ3) is 2.68. The molecule has 1 saturated heterocycles. The highest BCUT2D eigenvalue weighted by Gasteiger charge is 2.27. The molecule has 0 saturated carbocycles. The summed E-state index contributed by atoms with van der Waals surface area (Å²) < 4.78 is 12.3. The van der Waals surface area contributed by atoms with Crippen molar-refractivity contribution < 1.29 is 9.47 Å². The second-order valence-electron chi connectivity index (χ2n) is 6.07. The zero-order chi connectivity index (χ0) is 14.1. The van der Waals surface area contributed by atoms with E-state index < -0.39 is 0 Å². The van der Waals surface area contributed by atoms with E-state index in [0.29, 0.717) is 12.7 Å². The lowest BCUT2D eigenvalue weighted by atomic mass is 9.86. The Kier molecular flexibility index (Phi) is 4.22. The van der Waals surface area contributed by atoms with Crippen molar-refractivity contribution in [2.24, 2.45) is 5.92 Å². The van der Waals surface area contributed by atoms with E-state index >= 15 is 0 Å². The first kappa shape index (κ1) is 14.2. The molecule has 1 atom stereocenters. The lowest BCUT2D eigenvalue weighted by molar-refractivity contribution is 0.172. The number of piperidine rings is 1. The van der Waals surface area contributed by atoms with E-state index in [1.165, 1.54) is 30.5 Å². The van der Waals surface area contributed by atoms with Gasteiger partial charge >= 0.3 is 0 Å². The Morgan fingerprint density at radius 3 is 2.85 bits per heavy atom. The average molecular weight is 340 g/mol. The molecule has 4 heteroatoms. The van der Waals surface area contributed by atoms with Crippen LogP contribution in [0.4, 0.5) is 0 Å². The van der Waals surface area contributed by atoms with E-state index in [0.717, 1.165) is 34.9 Å². The lowest BCUT2D eigenvalue weighted by Gasteiger charge is -2.25. The van der Waals surface area contributed by atoms with Gasteiger partial charge in [0, 0.05) is 5.56 Å². The molecule has 2 aliphatic heterocycles. The normalized spacial score (nSPS) is 21.5. The minimum Gasteiger partial charge on any atom is -0.453 e. The topological polar surface area (TPSA) is 30.5 Å². The smallest absolute Gasteiger partial charge is 0.231 e. The molecule has 0 amide bonds. The van der Waals surface area contributed by atoms with Crippen molar-refractivity contribution >= 4 is 15.9 Å². The number of rotatable bonds is 3. The maximum Gasteiger partial charge on any atom is 0.231 e. The summed E-state index contributed by atoms with van der Waals surface area (Å²) in [7, 11) is 0. The van der Waals surface area contributed by atoms with Gasteiger partial charge in [0.15, 0.2) is 11.5 Å². The first-order valence-corrected chi connectivity index (χ1v) is 8.27. The summed E-state index contributed by atoms with van der Waals surface area (Å²) in [4.78, 5) is 0. The molecule has 0 aromatic heterocycles. The van der Waals surface area contributed by atoms with Crippen LogP contribution < -0.4 is 14.8 Å². The number of halogens is 1. The van der Waals surface area contributed by atoms with Crippen molar-refractivity contribution in [2.45, 2.75) is 39.0 Å². The second-order valence-corrected chi connectivity index (χ2v) is 6.92. The zero-order valence-corrected chi connectivity index (χ0v) is 13.8. The van der Waals surface area contributed by atoms with Crippen molar-refractivity contribution in [3.8, 4) is 11.5 Å². The average Bonchev–Trinajstić information content (AvgIpc) is 2.89. The molecule has 1 unspecified atom stereocenters. The minimum atomic E-state index is 0.335. The highest BCUT2D eigenvalue weighted by Crippen LogP contribution is 2.46. The Morgan fingerprint density at radius 1 is 1.35 bits per heavy atom. The predicted molar refractivity (Wildman–Crippen MR) is 83.7 cm³/mol. The minimum absolute atomic E-state index is 0.335. The van der Waals surface area contributed by atoms with Crippen LogP contribution in [0, 0.1) is 5.92 Å². The molecule has 1 aromatic rings. The Labute approximate surface area is 129 Å². The Morgan fingerprint density at radius 2 is 2.15 bits per heavy atom. The number of hydrogen-bond acceptors (Lipinski definition) is 3. The van der Waals surface area contributed by atoms with Crippen LogP contribution in [0.5, 0.6) is 11.5 Å². The van der Waals surface area contributed by atoms with Crippen LogP contribution in [0.25, 0.3) is 0 Å². The molecular formula is C16H22BrNO2. The number of fused-ring (bicyclic) bond motifs is 1. The lowest BCUT2D eigenvalue weighted by Crippen LogP contribution is -2.31. The maximum absolute atomic E-state index is 5.73. The van der Waals surface area contributed by atoms with Gasteiger partial charge in [0.05, 0.1) is 4.47 Å². The van der Waals surface area contributed by atoms with E-state index in [2.05, 4.69) is 41.2 Å². The SMILES string of the molecule is CC(C)c1c(CC2CCCNC2)cc(Br)c2c1OCO2. The van der Waals surface area contributed by atoms with Gasteiger partial charge in [-0.1, -0.05) is 13.8 Å². The Bertz CT molecular complexity index is 496. The predicted octanol–water partition coefficient (Wildman–Crippen LogP) is 3.84. The monoisotopic (exact) mass is 339 g/mol. The quantitative estimate of drug-likeness (QED) is 0.907. The van der Waals surface area contributed by atoms with Crippen LogP contribution >= 0.6 is 15.9 Å². The number of nitrogens with one attached hydrogen (secondary N) is 1. The Balaban J connectivity index is 1.94. The second kappa shape index (κ2) is 5.94. The van der Waals surface area contributed by atoms with Gasteiger partial charge in [0.1, 0.15) is 0 Å². The third-order valence-corrected chi connectivity index (χ3v) is 4.80. The van der Waals surface area contributed by atoms with Gasteiger partial charge < -0.3 is 14.8 Å². The van der Waals surface area contributed by atoms with Gasteiger partial charge in [0.25, 0.3) is 0 Å². The van der Waals surface area contributed by atoms with Crippen molar-refractivity contribution in [1.29, 1.82) is 0 Å². The zero-order valence-electron chi connectivity index (χ0n) is 12.2. The Hall–Kier alpha value is -0.740. The van der Waals surface area contributed by atoms with E-state index in [1.807, 2.05) is 0 Å². The van der Waals surface area contributed by atoms with Crippen LogP contribution in [-0.4, -0.2) is 19.9 Å². The summed E-state index contributed by atoms with van der Waals surface area (Å²) in [6.07, 6.45) is 3.72. The third-order valence-electron chi connectivity index (χ3n) is 4.21. The van der Waals surface area contributed by atoms with E-state index in [4.69, 9.17) is 9.47 Å². The highest BCUT2D eigenvalue weighted by molar-refractivity contribution is 9.10. The van der Waals surface area contributed by atoms with Crippen molar-refractivity contribution in [3.63, 3.8) is 0 Å². The molecule has 0 bridgehead atoms. The first-order chi connectivity index (χ1) is 9.66. The molecule has 1 fully saturated rings. The molecule has 0 aliphatic carbocycles. The summed E-state index contributed by atoms with van der Waals surface area (Å²) in [5.74, 6) is 3.01. The molecule has 1 aromatic carbocycles. The summed E-state index contributed by atoms with van der Waals surface area (Å²) in [6.45, 7) is 7.09.